The largest absolute Gasteiger partial charge is 0.368 e. The first kappa shape index (κ1) is 25.8. The molecule has 5 aromatic rings. The number of benzene rings is 3. The van der Waals surface area contributed by atoms with E-state index in [2.05, 4.69) is 54.9 Å². The van der Waals surface area contributed by atoms with Crippen LogP contribution in [0.3, 0.4) is 0 Å². The number of aromatic amines is 2. The Hall–Kier alpha value is -4.51. The van der Waals surface area contributed by atoms with Gasteiger partial charge in [0.1, 0.15) is 0 Å². The van der Waals surface area contributed by atoms with E-state index in [0.29, 0.717) is 41.3 Å². The van der Waals surface area contributed by atoms with Gasteiger partial charge in [-0.25, -0.2) is 13.8 Å². The maximum Gasteiger partial charge on any atom is 0.272 e. The number of halogens is 2. The molecule has 1 amide bonds. The molecule has 9 nitrogen and oxygen atoms in total. The highest BCUT2D eigenvalue weighted by atomic mass is 19.3. The van der Waals surface area contributed by atoms with Crippen LogP contribution < -0.4 is 20.9 Å². The number of alkyl halides is 2. The zero-order chi connectivity index (χ0) is 28.0. The molecule has 1 saturated heterocycles. The van der Waals surface area contributed by atoms with Gasteiger partial charge >= 0.3 is 0 Å². The van der Waals surface area contributed by atoms with Gasteiger partial charge in [0, 0.05) is 48.7 Å². The minimum absolute atomic E-state index is 0.130. The number of rotatable bonds is 6. The SMILES string of the molecule is CC1CN(c2cc3nc(Nc4ccccc4C(C)(F)F)[nH]c3cc2C(=O)Nc2ccc3cn[nH]c3c2)CC(C)N1. The Labute approximate surface area is 229 Å². The summed E-state index contributed by atoms with van der Waals surface area (Å²) >= 11 is 0. The van der Waals surface area contributed by atoms with E-state index in [9.17, 15) is 13.6 Å². The number of hydrogen-bond acceptors (Lipinski definition) is 6. The van der Waals surface area contributed by atoms with Crippen LogP contribution in [0.15, 0.2) is 60.8 Å². The number of fused-ring (bicyclic) bond motifs is 2. The Balaban J connectivity index is 1.38. The predicted molar refractivity (Wildman–Crippen MR) is 154 cm³/mol. The number of H-pyrrole nitrogens is 2. The van der Waals surface area contributed by atoms with Crippen molar-refractivity contribution >= 4 is 50.9 Å². The molecule has 0 bridgehead atoms. The molecule has 11 heteroatoms. The number of carbonyl (C=O) groups excluding carboxylic acids is 1. The van der Waals surface area contributed by atoms with E-state index in [0.717, 1.165) is 23.5 Å². The molecule has 5 N–H and O–H groups in total. The van der Waals surface area contributed by atoms with Crippen LogP contribution in [0, 0.1) is 0 Å². The average molecular weight is 545 g/mol. The van der Waals surface area contributed by atoms with Crippen molar-refractivity contribution in [1.82, 2.24) is 25.5 Å². The molecule has 1 aliphatic heterocycles. The van der Waals surface area contributed by atoms with Gasteiger partial charge in [0.25, 0.3) is 11.8 Å². The molecule has 1 fully saturated rings. The van der Waals surface area contributed by atoms with Gasteiger partial charge in [0.15, 0.2) is 0 Å². The number of anilines is 4. The summed E-state index contributed by atoms with van der Waals surface area (Å²) in [4.78, 5) is 23.7. The number of aromatic nitrogens is 4. The van der Waals surface area contributed by atoms with E-state index in [-0.39, 0.29) is 29.2 Å². The molecule has 2 aromatic heterocycles. The van der Waals surface area contributed by atoms with Crippen LogP contribution >= 0.6 is 0 Å². The summed E-state index contributed by atoms with van der Waals surface area (Å²) in [5.74, 6) is -2.99. The average Bonchev–Trinajstić information content (AvgIpc) is 3.52. The normalized spacial score (nSPS) is 17.9. The summed E-state index contributed by atoms with van der Waals surface area (Å²) in [7, 11) is 0. The second-order valence-electron chi connectivity index (χ2n) is 10.5. The zero-order valence-electron chi connectivity index (χ0n) is 22.3. The first-order chi connectivity index (χ1) is 19.1. The van der Waals surface area contributed by atoms with Crippen LogP contribution in [0.5, 0.6) is 0 Å². The predicted octanol–water partition coefficient (Wildman–Crippen LogP) is 5.73. The van der Waals surface area contributed by atoms with Crippen LogP contribution in [-0.4, -0.2) is 51.2 Å². The Morgan fingerprint density at radius 3 is 2.60 bits per heavy atom. The molecular formula is C29H30F2N8O. The van der Waals surface area contributed by atoms with Crippen molar-refractivity contribution in [3.8, 4) is 0 Å². The molecule has 0 radical (unpaired) electrons. The molecule has 3 aromatic carbocycles. The fraction of sp³-hybridized carbons (Fsp3) is 0.276. The molecular weight excluding hydrogens is 514 g/mol. The zero-order valence-corrected chi connectivity index (χ0v) is 22.3. The molecule has 2 unspecified atom stereocenters. The summed E-state index contributed by atoms with van der Waals surface area (Å²) in [6.07, 6.45) is 1.73. The molecule has 0 aliphatic carbocycles. The van der Waals surface area contributed by atoms with Gasteiger partial charge in [-0.05, 0) is 50.2 Å². The summed E-state index contributed by atoms with van der Waals surface area (Å²) in [6.45, 7) is 6.51. The van der Waals surface area contributed by atoms with Gasteiger partial charge in [0.2, 0.25) is 5.95 Å². The number of amides is 1. The number of piperazine rings is 1. The van der Waals surface area contributed by atoms with Crippen molar-refractivity contribution in [1.29, 1.82) is 0 Å². The van der Waals surface area contributed by atoms with E-state index >= 15 is 0 Å². The highest BCUT2D eigenvalue weighted by Crippen LogP contribution is 2.35. The van der Waals surface area contributed by atoms with E-state index in [1.165, 1.54) is 6.07 Å². The fourth-order valence-electron chi connectivity index (χ4n) is 5.39. The van der Waals surface area contributed by atoms with Crippen LogP contribution in [-0.2, 0) is 5.92 Å². The van der Waals surface area contributed by atoms with Crippen LogP contribution in [0.1, 0.15) is 36.7 Å². The smallest absolute Gasteiger partial charge is 0.272 e. The number of para-hydroxylation sites is 1. The van der Waals surface area contributed by atoms with Crippen LogP contribution in [0.25, 0.3) is 21.9 Å². The topological polar surface area (TPSA) is 114 Å². The molecule has 3 heterocycles. The Morgan fingerprint density at radius 1 is 1.05 bits per heavy atom. The van der Waals surface area contributed by atoms with Crippen molar-refractivity contribution in [2.45, 2.75) is 38.8 Å². The Bertz CT molecular complexity index is 1700. The van der Waals surface area contributed by atoms with Gasteiger partial charge in [0.05, 0.1) is 39.7 Å². The lowest BCUT2D eigenvalue weighted by molar-refractivity contribution is 0.0182. The second kappa shape index (κ2) is 9.91. The van der Waals surface area contributed by atoms with Crippen LogP contribution in [0.2, 0.25) is 0 Å². The molecule has 6 rings (SSSR count). The maximum atomic E-state index is 14.2. The number of nitrogens with zero attached hydrogens (tertiary/aromatic N) is 3. The van der Waals surface area contributed by atoms with Crippen molar-refractivity contribution in [2.75, 3.05) is 28.6 Å². The fourth-order valence-corrected chi connectivity index (χ4v) is 5.39. The third kappa shape index (κ3) is 5.07. The lowest BCUT2D eigenvalue weighted by atomic mass is 10.1. The molecule has 206 valence electrons. The van der Waals surface area contributed by atoms with Gasteiger partial charge in [-0.3, -0.25) is 9.89 Å². The van der Waals surface area contributed by atoms with E-state index < -0.39 is 5.92 Å². The van der Waals surface area contributed by atoms with E-state index in [1.54, 1.807) is 30.5 Å². The molecule has 0 spiro atoms. The molecule has 0 saturated carbocycles. The summed E-state index contributed by atoms with van der Waals surface area (Å²) in [5.41, 5.74) is 4.05. The van der Waals surface area contributed by atoms with Gasteiger partial charge in [-0.2, -0.15) is 5.10 Å². The van der Waals surface area contributed by atoms with Crippen molar-refractivity contribution in [3.05, 3.63) is 71.9 Å². The Kier molecular flexibility index (Phi) is 6.38. The molecule has 40 heavy (non-hydrogen) atoms. The first-order valence-corrected chi connectivity index (χ1v) is 13.2. The Morgan fingerprint density at radius 2 is 1.82 bits per heavy atom. The highest BCUT2D eigenvalue weighted by molar-refractivity contribution is 6.11. The van der Waals surface area contributed by atoms with Crippen molar-refractivity contribution in [3.63, 3.8) is 0 Å². The molecule has 2 atom stereocenters. The number of carbonyl (C=O) groups is 1. The van der Waals surface area contributed by atoms with Gasteiger partial charge in [-0.15, -0.1) is 0 Å². The summed E-state index contributed by atoms with van der Waals surface area (Å²) in [6, 6.07) is 15.9. The number of nitrogens with one attached hydrogen (secondary N) is 5. The van der Waals surface area contributed by atoms with E-state index in [1.807, 2.05) is 24.3 Å². The minimum atomic E-state index is -3.02. The van der Waals surface area contributed by atoms with Crippen LogP contribution in [0.4, 0.5) is 31.8 Å². The highest BCUT2D eigenvalue weighted by Gasteiger charge is 2.28. The quantitative estimate of drug-likeness (QED) is 0.187. The number of hydrogen-bond donors (Lipinski definition) is 5. The lowest BCUT2D eigenvalue weighted by Gasteiger charge is -2.38. The third-order valence-electron chi connectivity index (χ3n) is 7.10. The first-order valence-electron chi connectivity index (χ1n) is 13.2. The third-order valence-corrected chi connectivity index (χ3v) is 7.10. The number of imidazole rings is 1. The maximum absolute atomic E-state index is 14.2. The standard InChI is InChI=1S/C29H30F2N8O/c1-16-14-39(15-17(2)33-16)26-12-25-24(36-28(37-25)35-22-7-5-4-6-21(22)29(3,30)31)11-20(26)27(40)34-19-9-8-18-13-32-38-23(18)10-19/h4-13,16-17,33H,14-15H2,1-3H3,(H,32,38)(H,34,40)(H2,35,36,37). The minimum Gasteiger partial charge on any atom is -0.368 e. The van der Waals surface area contributed by atoms with Gasteiger partial charge in [-0.1, -0.05) is 18.2 Å². The summed E-state index contributed by atoms with van der Waals surface area (Å²) in [5, 5.41) is 17.5. The lowest BCUT2D eigenvalue weighted by Crippen LogP contribution is -2.54. The monoisotopic (exact) mass is 544 g/mol. The van der Waals surface area contributed by atoms with Gasteiger partial charge < -0.3 is 25.8 Å². The van der Waals surface area contributed by atoms with Crippen molar-refractivity contribution < 1.29 is 13.6 Å². The second-order valence-corrected chi connectivity index (χ2v) is 10.5. The molecule has 1 aliphatic rings. The van der Waals surface area contributed by atoms with Crippen molar-refractivity contribution in [2.24, 2.45) is 0 Å². The van der Waals surface area contributed by atoms with E-state index in [4.69, 9.17) is 0 Å². The summed E-state index contributed by atoms with van der Waals surface area (Å²) < 4.78 is 28.4.